The second-order valence-electron chi connectivity index (χ2n) is 1.60. The fourth-order valence-electron chi connectivity index (χ4n) is 0.469. The maximum atomic E-state index is 9.94. The van der Waals surface area contributed by atoms with Gasteiger partial charge in [-0.15, -0.1) is 0 Å². The Balaban J connectivity index is 2.88. The molecule has 0 aromatic carbocycles. The molecular formula is C4H4N4O3. The average molecular weight is 156 g/mol. The molecule has 0 aromatic heterocycles. The molecule has 1 heterocycles. The van der Waals surface area contributed by atoms with Crippen LogP contribution in [-0.2, 0) is 0 Å². The van der Waals surface area contributed by atoms with E-state index in [1.54, 1.807) is 0 Å². The molecule has 0 saturated carbocycles. The van der Waals surface area contributed by atoms with Gasteiger partial charge in [0.25, 0.3) is 5.82 Å². The van der Waals surface area contributed by atoms with Gasteiger partial charge >= 0.3 is 5.88 Å². The van der Waals surface area contributed by atoms with Gasteiger partial charge in [0.1, 0.15) is 11.3 Å². The van der Waals surface area contributed by atoms with Crippen LogP contribution in [0.3, 0.4) is 0 Å². The Morgan fingerprint density at radius 2 is 2.55 bits per heavy atom. The third-order valence-corrected chi connectivity index (χ3v) is 0.914. The Labute approximate surface area is 60.9 Å². The van der Waals surface area contributed by atoms with Crippen molar-refractivity contribution in [3.63, 3.8) is 0 Å². The molecule has 0 fully saturated rings. The van der Waals surface area contributed by atoms with E-state index in [0.717, 1.165) is 6.34 Å². The lowest BCUT2D eigenvalue weighted by atomic mass is 10.6. The maximum Gasteiger partial charge on any atom is 0.469 e. The third kappa shape index (κ3) is 1.51. The molecule has 2 N–H and O–H groups in total. The molecule has 0 amide bonds. The molecule has 1 rings (SSSR count). The summed E-state index contributed by atoms with van der Waals surface area (Å²) in [5.74, 6) is -1.24. The number of aliphatic imine (C=N–C) groups is 2. The van der Waals surface area contributed by atoms with Crippen LogP contribution in [-0.4, -0.2) is 22.7 Å². The first-order chi connectivity index (χ1) is 5.22. The van der Waals surface area contributed by atoms with E-state index < -0.39 is 10.8 Å². The van der Waals surface area contributed by atoms with Gasteiger partial charge in [-0.25, -0.2) is 9.98 Å². The molecule has 0 unspecified atom stereocenters. The molecule has 1 aliphatic heterocycles. The maximum absolute atomic E-state index is 9.94. The van der Waals surface area contributed by atoms with Crippen molar-refractivity contribution in [1.29, 1.82) is 0 Å². The van der Waals surface area contributed by atoms with Crippen molar-refractivity contribution in [2.24, 2.45) is 9.98 Å². The van der Waals surface area contributed by atoms with Gasteiger partial charge in [-0.2, -0.15) is 0 Å². The van der Waals surface area contributed by atoms with Crippen LogP contribution in [0.25, 0.3) is 0 Å². The molecule has 0 aliphatic carbocycles. The molecule has 0 saturated heterocycles. The summed E-state index contributed by atoms with van der Waals surface area (Å²) in [6.07, 6.45) is 2.27. The highest BCUT2D eigenvalue weighted by Crippen LogP contribution is 2.00. The highest BCUT2D eigenvalue weighted by Gasteiger charge is 2.15. The summed E-state index contributed by atoms with van der Waals surface area (Å²) in [7, 11) is 0. The molecular weight excluding hydrogens is 152 g/mol. The minimum absolute atomic E-state index is 0.218. The summed E-state index contributed by atoms with van der Waals surface area (Å²) >= 11 is 0. The number of hydrogen-bond acceptors (Lipinski definition) is 6. The van der Waals surface area contributed by atoms with Gasteiger partial charge < -0.3 is 10.4 Å². The summed E-state index contributed by atoms with van der Waals surface area (Å²) in [4.78, 5) is 15.9. The fraction of sp³-hybridized carbons (Fsp3) is 0. The minimum atomic E-state index is -1.02. The second-order valence-corrected chi connectivity index (χ2v) is 1.60. The number of rotatable bonds is 1. The van der Waals surface area contributed by atoms with Gasteiger partial charge in [0.2, 0.25) is 0 Å². The van der Waals surface area contributed by atoms with E-state index in [0.29, 0.717) is 0 Å². The van der Waals surface area contributed by atoms with Crippen molar-refractivity contribution in [2.45, 2.75) is 0 Å². The fourth-order valence-corrected chi connectivity index (χ4v) is 0.469. The van der Waals surface area contributed by atoms with Crippen molar-refractivity contribution in [3.8, 4) is 0 Å². The largest absolute Gasteiger partial charge is 0.469 e. The summed E-state index contributed by atoms with van der Waals surface area (Å²) in [6.45, 7) is 0. The van der Waals surface area contributed by atoms with Crippen LogP contribution in [0, 0.1) is 10.1 Å². The first kappa shape index (κ1) is 7.19. The summed E-state index contributed by atoms with van der Waals surface area (Å²) in [5, 5.41) is 20.9. The first-order valence-electron chi connectivity index (χ1n) is 2.60. The van der Waals surface area contributed by atoms with Crippen LogP contribution in [0.15, 0.2) is 21.7 Å². The smallest absolute Gasteiger partial charge is 0.453 e. The van der Waals surface area contributed by atoms with Gasteiger partial charge in [0.05, 0.1) is 6.34 Å². The number of nitro groups is 1. The topological polar surface area (TPSA) is 100 Å². The Kier molecular flexibility index (Phi) is 1.81. The van der Waals surface area contributed by atoms with E-state index in [9.17, 15) is 10.1 Å². The molecule has 58 valence electrons. The molecule has 0 atom stereocenters. The van der Waals surface area contributed by atoms with Crippen LogP contribution in [0.1, 0.15) is 0 Å². The van der Waals surface area contributed by atoms with Crippen molar-refractivity contribution >= 4 is 12.7 Å². The van der Waals surface area contributed by atoms with Crippen LogP contribution >= 0.6 is 0 Å². The van der Waals surface area contributed by atoms with Crippen molar-refractivity contribution in [1.82, 2.24) is 5.32 Å². The summed E-state index contributed by atoms with van der Waals surface area (Å²) < 4.78 is 0. The zero-order valence-electron chi connectivity index (χ0n) is 5.26. The van der Waals surface area contributed by atoms with Crippen LogP contribution in [0.2, 0.25) is 0 Å². The van der Waals surface area contributed by atoms with E-state index in [1.165, 1.54) is 6.34 Å². The van der Waals surface area contributed by atoms with Crippen LogP contribution in [0.5, 0.6) is 0 Å². The van der Waals surface area contributed by atoms with Gasteiger partial charge in [-0.3, -0.25) is 10.1 Å². The third-order valence-electron chi connectivity index (χ3n) is 0.914. The number of nitrogens with zero attached hydrogens (tertiary/aromatic N) is 3. The second kappa shape index (κ2) is 2.78. The first-order valence-corrected chi connectivity index (χ1v) is 2.60. The standard InChI is InChI=1S/C4H4N4O3/c9-4(8(10)11)3-6-1-5-2-7-3/h1-2,9H,(H,5,6,7). The van der Waals surface area contributed by atoms with Crippen molar-refractivity contribution < 1.29 is 10.0 Å². The Hall–Kier alpha value is -1.92. The molecule has 0 spiro atoms. The number of nitrogens with one attached hydrogen (secondary N) is 1. The summed E-state index contributed by atoms with van der Waals surface area (Å²) in [6, 6.07) is 0. The Morgan fingerprint density at radius 3 is 3.00 bits per heavy atom. The van der Waals surface area contributed by atoms with Gasteiger partial charge in [-0.05, 0) is 0 Å². The lowest BCUT2D eigenvalue weighted by Crippen LogP contribution is -2.17. The molecule has 0 bridgehead atoms. The minimum Gasteiger partial charge on any atom is -0.453 e. The lowest BCUT2D eigenvalue weighted by Gasteiger charge is -2.00. The monoisotopic (exact) mass is 156 g/mol. The van der Waals surface area contributed by atoms with E-state index >= 15 is 0 Å². The van der Waals surface area contributed by atoms with Crippen LogP contribution < -0.4 is 5.32 Å². The van der Waals surface area contributed by atoms with Crippen molar-refractivity contribution in [3.05, 3.63) is 21.8 Å². The van der Waals surface area contributed by atoms with Gasteiger partial charge in [0.15, 0.2) is 0 Å². The van der Waals surface area contributed by atoms with E-state index in [2.05, 4.69) is 15.3 Å². The SMILES string of the molecule is O=[N+]([O-])C(O)=C1N=CN=CN1. The highest BCUT2D eigenvalue weighted by molar-refractivity contribution is 5.75. The molecule has 0 radical (unpaired) electrons. The number of hydrogen-bond donors (Lipinski definition) is 2. The quantitative estimate of drug-likeness (QED) is 0.306. The molecule has 7 nitrogen and oxygen atoms in total. The molecule has 11 heavy (non-hydrogen) atoms. The zero-order chi connectivity index (χ0) is 8.27. The predicted molar refractivity (Wildman–Crippen MR) is 36.8 cm³/mol. The lowest BCUT2D eigenvalue weighted by molar-refractivity contribution is -0.460. The van der Waals surface area contributed by atoms with E-state index in [-0.39, 0.29) is 5.82 Å². The van der Waals surface area contributed by atoms with E-state index in [1.807, 2.05) is 0 Å². The number of aliphatic hydroxyl groups excluding tert-OH is 1. The van der Waals surface area contributed by atoms with Crippen LogP contribution in [0.4, 0.5) is 0 Å². The molecule has 0 aromatic rings. The highest BCUT2D eigenvalue weighted by atomic mass is 16.7. The van der Waals surface area contributed by atoms with Gasteiger partial charge in [-0.1, -0.05) is 0 Å². The summed E-state index contributed by atoms with van der Waals surface area (Å²) in [5.41, 5.74) is 0. The molecule has 1 aliphatic rings. The number of aliphatic hydroxyl groups is 1. The molecule has 7 heteroatoms. The Morgan fingerprint density at radius 1 is 1.82 bits per heavy atom. The van der Waals surface area contributed by atoms with Crippen molar-refractivity contribution in [2.75, 3.05) is 0 Å². The predicted octanol–water partition coefficient (Wildman–Crippen LogP) is -0.393. The zero-order valence-corrected chi connectivity index (χ0v) is 5.26. The van der Waals surface area contributed by atoms with E-state index in [4.69, 9.17) is 5.11 Å². The Bertz CT molecular complexity index is 267. The van der Waals surface area contributed by atoms with Gasteiger partial charge in [0, 0.05) is 0 Å². The average Bonchev–Trinajstić information content (AvgIpc) is 2.05. The normalized spacial score (nSPS) is 19.3.